The number of aliphatic imine (C=N–C) groups is 1. The molecule has 0 spiro atoms. The Morgan fingerprint density at radius 1 is 1.19 bits per heavy atom. The maximum absolute atomic E-state index is 5.28. The predicted molar refractivity (Wildman–Crippen MR) is 120 cm³/mol. The summed E-state index contributed by atoms with van der Waals surface area (Å²) in [6.45, 7) is 5.71. The van der Waals surface area contributed by atoms with E-state index in [-0.39, 0.29) is 24.0 Å². The van der Waals surface area contributed by atoms with Crippen molar-refractivity contribution < 1.29 is 4.52 Å². The second-order valence-electron chi connectivity index (χ2n) is 6.36. The van der Waals surface area contributed by atoms with Crippen LogP contribution in [-0.4, -0.2) is 35.2 Å². The molecule has 0 amide bonds. The largest absolute Gasteiger partial charge is 0.357 e. The van der Waals surface area contributed by atoms with E-state index in [9.17, 15) is 0 Å². The summed E-state index contributed by atoms with van der Waals surface area (Å²) >= 11 is 0. The number of nitrogens with one attached hydrogen (secondary N) is 2. The molecule has 0 radical (unpaired) electrons. The van der Waals surface area contributed by atoms with Crippen LogP contribution in [0, 0.1) is 0 Å². The van der Waals surface area contributed by atoms with E-state index >= 15 is 0 Å². The number of halogens is 1. The zero-order valence-electron chi connectivity index (χ0n) is 15.9. The van der Waals surface area contributed by atoms with Crippen molar-refractivity contribution in [3.8, 4) is 11.5 Å². The van der Waals surface area contributed by atoms with Crippen LogP contribution in [0.4, 0.5) is 0 Å². The van der Waals surface area contributed by atoms with Crippen molar-refractivity contribution in [2.75, 3.05) is 13.1 Å². The predicted octanol–water partition coefficient (Wildman–Crippen LogP) is 3.73. The minimum absolute atomic E-state index is 0. The lowest BCUT2D eigenvalue weighted by Gasteiger charge is -2.16. The Morgan fingerprint density at radius 3 is 2.56 bits per heavy atom. The molecule has 0 unspecified atom stereocenters. The van der Waals surface area contributed by atoms with Gasteiger partial charge in [-0.1, -0.05) is 36.4 Å². The highest BCUT2D eigenvalue weighted by atomic mass is 127. The Kier molecular flexibility index (Phi) is 8.77. The molecule has 0 saturated carbocycles. The highest BCUT2D eigenvalue weighted by molar-refractivity contribution is 14.0. The van der Waals surface area contributed by atoms with Crippen molar-refractivity contribution in [3.05, 3.63) is 47.8 Å². The van der Waals surface area contributed by atoms with Crippen LogP contribution in [0.25, 0.3) is 11.5 Å². The topological polar surface area (TPSA) is 75.3 Å². The third kappa shape index (κ3) is 6.34. The molecule has 0 atom stereocenters. The number of rotatable bonds is 7. The number of nitrogens with zero attached hydrogens (tertiary/aromatic N) is 3. The average Bonchev–Trinajstić information content (AvgIpc) is 3.34. The fourth-order valence-corrected chi connectivity index (χ4v) is 2.87. The van der Waals surface area contributed by atoms with Crippen LogP contribution in [0.3, 0.4) is 0 Å². The average molecular weight is 481 g/mol. The third-order valence-electron chi connectivity index (χ3n) is 4.35. The van der Waals surface area contributed by atoms with Gasteiger partial charge in [0.25, 0.3) is 5.89 Å². The molecule has 1 aliphatic carbocycles. The van der Waals surface area contributed by atoms with Gasteiger partial charge in [-0.15, -0.1) is 24.0 Å². The summed E-state index contributed by atoms with van der Waals surface area (Å²) in [6.07, 6.45) is 8.25. The van der Waals surface area contributed by atoms with E-state index in [1.165, 1.54) is 5.56 Å². The van der Waals surface area contributed by atoms with Gasteiger partial charge in [0.15, 0.2) is 11.8 Å². The van der Waals surface area contributed by atoms with Crippen molar-refractivity contribution >= 4 is 29.9 Å². The minimum atomic E-state index is 0. The fraction of sp³-hybridized carbons (Fsp3) is 0.450. The van der Waals surface area contributed by atoms with Crippen LogP contribution in [0.5, 0.6) is 0 Å². The van der Waals surface area contributed by atoms with E-state index in [0.717, 1.165) is 56.1 Å². The van der Waals surface area contributed by atoms with Crippen molar-refractivity contribution in [1.29, 1.82) is 0 Å². The summed E-state index contributed by atoms with van der Waals surface area (Å²) in [6, 6.07) is 8.72. The second-order valence-corrected chi connectivity index (χ2v) is 6.36. The molecule has 0 saturated heterocycles. The molecule has 1 heterocycles. The van der Waals surface area contributed by atoms with E-state index in [1.807, 2.05) is 19.1 Å². The van der Waals surface area contributed by atoms with E-state index in [0.29, 0.717) is 11.9 Å². The summed E-state index contributed by atoms with van der Waals surface area (Å²) in [5.41, 5.74) is 2.19. The molecule has 2 aromatic rings. The van der Waals surface area contributed by atoms with Crippen LogP contribution >= 0.6 is 24.0 Å². The minimum Gasteiger partial charge on any atom is -0.357 e. The molecule has 27 heavy (non-hydrogen) atoms. The molecule has 7 heteroatoms. The van der Waals surface area contributed by atoms with Crippen molar-refractivity contribution in [2.45, 2.75) is 45.6 Å². The molecular formula is C20H28IN5O. The van der Waals surface area contributed by atoms with E-state index in [1.54, 1.807) is 0 Å². The van der Waals surface area contributed by atoms with Gasteiger partial charge in [0.1, 0.15) is 0 Å². The van der Waals surface area contributed by atoms with Gasteiger partial charge in [0, 0.05) is 31.1 Å². The van der Waals surface area contributed by atoms with Gasteiger partial charge in [-0.05, 0) is 43.9 Å². The molecule has 2 N–H and O–H groups in total. The Labute approximate surface area is 177 Å². The Morgan fingerprint density at radius 2 is 1.93 bits per heavy atom. The Hall–Kier alpha value is -1.90. The van der Waals surface area contributed by atoms with Crippen LogP contribution in [0.2, 0.25) is 0 Å². The van der Waals surface area contributed by atoms with Gasteiger partial charge >= 0.3 is 0 Å². The van der Waals surface area contributed by atoms with Gasteiger partial charge in [-0.25, -0.2) is 0 Å². The summed E-state index contributed by atoms with van der Waals surface area (Å²) in [7, 11) is 0. The van der Waals surface area contributed by atoms with Gasteiger partial charge in [0.05, 0.1) is 0 Å². The molecule has 6 nitrogen and oxygen atoms in total. The van der Waals surface area contributed by atoms with Crippen molar-refractivity contribution in [3.63, 3.8) is 0 Å². The zero-order valence-corrected chi connectivity index (χ0v) is 18.3. The smallest absolute Gasteiger partial charge is 0.257 e. The van der Waals surface area contributed by atoms with Crippen LogP contribution in [0.15, 0.2) is 45.9 Å². The SMILES string of the molecule is CCNC(=NCCc1ccc(-c2nc(CC)no2)cc1)NC1CC=CC1.I. The Balaban J connectivity index is 0.00000261. The van der Waals surface area contributed by atoms with Gasteiger partial charge in [0.2, 0.25) is 0 Å². The molecule has 3 rings (SSSR count). The number of hydrogen-bond acceptors (Lipinski definition) is 4. The van der Waals surface area contributed by atoms with Crippen LogP contribution in [0.1, 0.15) is 38.1 Å². The normalized spacial score (nSPS) is 14.2. The van der Waals surface area contributed by atoms with Crippen LogP contribution in [-0.2, 0) is 12.8 Å². The molecular weight excluding hydrogens is 453 g/mol. The monoisotopic (exact) mass is 481 g/mol. The quantitative estimate of drug-likeness (QED) is 0.273. The molecule has 1 aliphatic rings. The zero-order chi connectivity index (χ0) is 18.2. The third-order valence-corrected chi connectivity index (χ3v) is 4.35. The maximum atomic E-state index is 5.28. The lowest BCUT2D eigenvalue weighted by Crippen LogP contribution is -2.42. The number of guanidine groups is 1. The highest BCUT2D eigenvalue weighted by Gasteiger charge is 2.11. The molecule has 0 fully saturated rings. The standard InChI is InChI=1S/C20H27N5O.HI/c1-3-18-24-19(26-25-18)16-11-9-15(10-12-16)13-14-22-20(21-4-2)23-17-7-5-6-8-17;/h5-6,9-12,17H,3-4,7-8,13-14H2,1-2H3,(H2,21,22,23);1H. The van der Waals surface area contributed by atoms with Gasteiger partial charge in [-0.2, -0.15) is 4.98 Å². The van der Waals surface area contributed by atoms with Gasteiger partial charge in [-0.3, -0.25) is 4.99 Å². The first-order chi connectivity index (χ1) is 12.8. The summed E-state index contributed by atoms with van der Waals surface area (Å²) in [5.74, 6) is 2.21. The molecule has 1 aromatic heterocycles. The number of aromatic nitrogens is 2. The summed E-state index contributed by atoms with van der Waals surface area (Å²) in [4.78, 5) is 9.05. The van der Waals surface area contributed by atoms with Gasteiger partial charge < -0.3 is 15.2 Å². The first-order valence-electron chi connectivity index (χ1n) is 9.40. The molecule has 146 valence electrons. The molecule has 1 aromatic carbocycles. The first kappa shape index (κ1) is 21.4. The summed E-state index contributed by atoms with van der Waals surface area (Å²) in [5, 5.41) is 10.7. The summed E-state index contributed by atoms with van der Waals surface area (Å²) < 4.78 is 5.28. The van der Waals surface area contributed by atoms with E-state index < -0.39 is 0 Å². The second kappa shape index (κ2) is 11.1. The Bertz CT molecular complexity index is 746. The highest BCUT2D eigenvalue weighted by Crippen LogP contribution is 2.18. The van der Waals surface area contributed by atoms with Crippen molar-refractivity contribution in [1.82, 2.24) is 20.8 Å². The number of aryl methyl sites for hydroxylation is 1. The van der Waals surface area contributed by atoms with Crippen molar-refractivity contribution in [2.24, 2.45) is 4.99 Å². The fourth-order valence-electron chi connectivity index (χ4n) is 2.87. The lowest BCUT2D eigenvalue weighted by atomic mass is 10.1. The first-order valence-corrected chi connectivity index (χ1v) is 9.40. The maximum Gasteiger partial charge on any atom is 0.257 e. The molecule has 0 aliphatic heterocycles. The van der Waals surface area contributed by atoms with E-state index in [4.69, 9.17) is 9.52 Å². The van der Waals surface area contributed by atoms with Crippen LogP contribution < -0.4 is 10.6 Å². The lowest BCUT2D eigenvalue weighted by molar-refractivity contribution is 0.423. The molecule has 0 bridgehead atoms. The number of benzene rings is 1. The number of hydrogen-bond donors (Lipinski definition) is 2. The van der Waals surface area contributed by atoms with E-state index in [2.05, 4.69) is 52.0 Å².